The van der Waals surface area contributed by atoms with Gasteiger partial charge in [0.25, 0.3) is 5.91 Å². The molecule has 0 spiro atoms. The summed E-state index contributed by atoms with van der Waals surface area (Å²) in [5, 5.41) is 11.8. The number of carboxylic acids is 1. The van der Waals surface area contributed by atoms with E-state index in [4.69, 9.17) is 14.6 Å². The highest BCUT2D eigenvalue weighted by Gasteiger charge is 2.39. The molecule has 0 radical (unpaired) electrons. The monoisotopic (exact) mass is 478 g/mol. The van der Waals surface area contributed by atoms with E-state index in [1.807, 2.05) is 24.3 Å². The molecule has 8 nitrogen and oxygen atoms in total. The van der Waals surface area contributed by atoms with Gasteiger partial charge in [-0.25, -0.2) is 4.79 Å². The molecule has 1 aliphatic carbocycles. The normalized spacial score (nSPS) is 23.1. The summed E-state index contributed by atoms with van der Waals surface area (Å²) in [6.07, 6.45) is 0.308. The van der Waals surface area contributed by atoms with Crippen molar-refractivity contribution < 1.29 is 29.0 Å². The molecule has 2 saturated heterocycles. The largest absolute Gasteiger partial charge is 0.481 e. The third kappa shape index (κ3) is 4.89. The molecule has 2 heterocycles. The molecule has 2 amide bonds. The van der Waals surface area contributed by atoms with E-state index in [1.165, 1.54) is 11.1 Å². The van der Waals surface area contributed by atoms with Crippen LogP contribution in [0.15, 0.2) is 48.5 Å². The van der Waals surface area contributed by atoms with Crippen LogP contribution in [0.3, 0.4) is 0 Å². The summed E-state index contributed by atoms with van der Waals surface area (Å²) in [7, 11) is 0. The first kappa shape index (κ1) is 23.4. The number of likely N-dealkylation sites (tertiary alicyclic amines) is 1. The topological polar surface area (TPSA) is 105 Å². The molecule has 0 bridgehead atoms. The molecule has 3 atom stereocenters. The van der Waals surface area contributed by atoms with Gasteiger partial charge in [0.15, 0.2) is 0 Å². The van der Waals surface area contributed by atoms with Crippen molar-refractivity contribution in [2.75, 3.05) is 32.8 Å². The van der Waals surface area contributed by atoms with Crippen molar-refractivity contribution in [1.29, 1.82) is 0 Å². The van der Waals surface area contributed by atoms with Crippen molar-refractivity contribution in [2.45, 2.75) is 31.3 Å². The van der Waals surface area contributed by atoms with Crippen molar-refractivity contribution in [3.63, 3.8) is 0 Å². The summed E-state index contributed by atoms with van der Waals surface area (Å²) in [5.41, 5.74) is 4.66. The lowest BCUT2D eigenvalue weighted by atomic mass is 9.98. The van der Waals surface area contributed by atoms with Gasteiger partial charge in [-0.3, -0.25) is 9.59 Å². The minimum Gasteiger partial charge on any atom is -0.481 e. The van der Waals surface area contributed by atoms with Crippen molar-refractivity contribution in [2.24, 2.45) is 11.8 Å². The standard InChI is InChI=1S/C27H30N2O6/c30-24(31)13-17-9-11-29(15-17)26(32)25-18(10-12-34-25)14-28-27(33)35-16-23-21-7-3-1-5-19(21)20-6-2-4-8-22(20)23/h1-8,17-18,23,25H,9-16H2,(H,28,33)(H,30,31)/t17?,18-,25-/m0/s1. The number of benzene rings is 2. The molecule has 5 rings (SSSR count). The fraction of sp³-hybridized carbons (Fsp3) is 0.444. The maximum Gasteiger partial charge on any atom is 0.407 e. The third-order valence-electron chi connectivity index (χ3n) is 7.37. The lowest BCUT2D eigenvalue weighted by Crippen LogP contribution is -2.43. The molecule has 8 heteroatoms. The average molecular weight is 479 g/mol. The smallest absolute Gasteiger partial charge is 0.407 e. The summed E-state index contributed by atoms with van der Waals surface area (Å²) >= 11 is 0. The van der Waals surface area contributed by atoms with Gasteiger partial charge in [-0.15, -0.1) is 0 Å². The molecule has 0 saturated carbocycles. The van der Waals surface area contributed by atoms with E-state index in [9.17, 15) is 14.4 Å². The Bertz CT molecular complexity index is 1070. The first-order valence-electron chi connectivity index (χ1n) is 12.2. The molecular formula is C27H30N2O6. The Labute approximate surface area is 204 Å². The minimum atomic E-state index is -0.841. The van der Waals surface area contributed by atoms with Gasteiger partial charge in [0.2, 0.25) is 0 Å². The number of fused-ring (bicyclic) bond motifs is 3. The van der Waals surface area contributed by atoms with Crippen LogP contribution in [0, 0.1) is 11.8 Å². The second kappa shape index (κ2) is 10.1. The van der Waals surface area contributed by atoms with Gasteiger partial charge in [0, 0.05) is 44.5 Å². The Morgan fingerprint density at radius 2 is 1.71 bits per heavy atom. The SMILES string of the molecule is O=C(O)CC1CCN(C(=O)[C@H]2OCC[C@H]2CNC(=O)OCC2c3ccccc3-c3ccccc32)C1. The summed E-state index contributed by atoms with van der Waals surface area (Å²) in [6.45, 7) is 1.97. The second-order valence-electron chi connectivity index (χ2n) is 9.58. The van der Waals surface area contributed by atoms with E-state index in [1.54, 1.807) is 4.90 Å². The second-order valence-corrected chi connectivity index (χ2v) is 9.58. The third-order valence-corrected chi connectivity index (χ3v) is 7.37. The fourth-order valence-electron chi connectivity index (χ4n) is 5.61. The molecule has 2 aromatic carbocycles. The zero-order valence-electron chi connectivity index (χ0n) is 19.5. The number of ether oxygens (including phenoxy) is 2. The predicted octanol–water partition coefficient (Wildman–Crippen LogP) is 3.25. The van der Waals surface area contributed by atoms with Crippen molar-refractivity contribution >= 4 is 18.0 Å². The number of carbonyl (C=O) groups is 3. The summed E-state index contributed by atoms with van der Waals surface area (Å²) < 4.78 is 11.3. The number of nitrogens with zero attached hydrogens (tertiary/aromatic N) is 1. The zero-order chi connectivity index (χ0) is 24.4. The molecule has 3 aliphatic rings. The number of amides is 2. The molecule has 184 valence electrons. The van der Waals surface area contributed by atoms with Crippen LogP contribution in [-0.4, -0.2) is 66.9 Å². The minimum absolute atomic E-state index is 0.00814. The molecule has 0 aromatic heterocycles. The van der Waals surface area contributed by atoms with Crippen LogP contribution < -0.4 is 5.32 Å². The van der Waals surface area contributed by atoms with Gasteiger partial charge in [0.05, 0.1) is 0 Å². The van der Waals surface area contributed by atoms with Gasteiger partial charge < -0.3 is 24.8 Å². The van der Waals surface area contributed by atoms with Gasteiger partial charge in [-0.2, -0.15) is 0 Å². The van der Waals surface area contributed by atoms with Crippen molar-refractivity contribution in [3.05, 3.63) is 59.7 Å². The number of hydrogen-bond donors (Lipinski definition) is 2. The molecule has 35 heavy (non-hydrogen) atoms. The van der Waals surface area contributed by atoms with E-state index in [-0.39, 0.29) is 36.7 Å². The number of carbonyl (C=O) groups excluding carboxylic acids is 2. The van der Waals surface area contributed by atoms with E-state index in [0.717, 1.165) is 11.1 Å². The highest BCUT2D eigenvalue weighted by atomic mass is 16.5. The summed E-state index contributed by atoms with van der Waals surface area (Å²) in [6, 6.07) is 16.4. The number of nitrogens with one attached hydrogen (secondary N) is 1. The number of alkyl carbamates (subject to hydrolysis) is 1. The van der Waals surface area contributed by atoms with Gasteiger partial charge in [0.1, 0.15) is 12.7 Å². The number of carboxylic acid groups (broad SMARTS) is 1. The van der Waals surface area contributed by atoms with E-state index in [2.05, 4.69) is 29.6 Å². The number of rotatable bonds is 7. The van der Waals surface area contributed by atoms with Crippen LogP contribution in [0.2, 0.25) is 0 Å². The Hall–Kier alpha value is -3.39. The Balaban J connectivity index is 1.13. The predicted molar refractivity (Wildman–Crippen MR) is 128 cm³/mol. The Morgan fingerprint density at radius 1 is 1.03 bits per heavy atom. The Kier molecular flexibility index (Phi) is 6.72. The van der Waals surface area contributed by atoms with Crippen LogP contribution in [0.5, 0.6) is 0 Å². The lowest BCUT2D eigenvalue weighted by Gasteiger charge is -2.24. The molecular weight excluding hydrogens is 448 g/mol. The first-order chi connectivity index (χ1) is 17.0. The van der Waals surface area contributed by atoms with Crippen LogP contribution in [0.25, 0.3) is 11.1 Å². The molecule has 2 N–H and O–H groups in total. The van der Waals surface area contributed by atoms with Crippen LogP contribution in [0.1, 0.15) is 36.3 Å². The highest BCUT2D eigenvalue weighted by Crippen LogP contribution is 2.44. The Morgan fingerprint density at radius 3 is 2.40 bits per heavy atom. The average Bonchev–Trinajstić information content (AvgIpc) is 3.58. The number of aliphatic carboxylic acids is 1. The van der Waals surface area contributed by atoms with Gasteiger partial charge in [-0.1, -0.05) is 48.5 Å². The van der Waals surface area contributed by atoms with Crippen LogP contribution in [0.4, 0.5) is 4.79 Å². The highest BCUT2D eigenvalue weighted by molar-refractivity contribution is 5.82. The van der Waals surface area contributed by atoms with E-state index < -0.39 is 18.2 Å². The molecule has 2 aromatic rings. The maximum absolute atomic E-state index is 13.0. The molecule has 2 aliphatic heterocycles. The molecule has 2 fully saturated rings. The van der Waals surface area contributed by atoms with Gasteiger partial charge in [-0.05, 0) is 41.0 Å². The fourth-order valence-corrected chi connectivity index (χ4v) is 5.61. The first-order valence-corrected chi connectivity index (χ1v) is 12.2. The molecule has 1 unspecified atom stereocenters. The van der Waals surface area contributed by atoms with Crippen LogP contribution in [-0.2, 0) is 19.1 Å². The van der Waals surface area contributed by atoms with E-state index >= 15 is 0 Å². The zero-order valence-corrected chi connectivity index (χ0v) is 19.5. The maximum atomic E-state index is 13.0. The summed E-state index contributed by atoms with van der Waals surface area (Å²) in [5.74, 6) is -1.12. The van der Waals surface area contributed by atoms with Crippen molar-refractivity contribution in [1.82, 2.24) is 10.2 Å². The number of hydrogen-bond acceptors (Lipinski definition) is 5. The van der Waals surface area contributed by atoms with Crippen LogP contribution >= 0.6 is 0 Å². The summed E-state index contributed by atoms with van der Waals surface area (Å²) in [4.78, 5) is 38.2. The quantitative estimate of drug-likeness (QED) is 0.633. The van der Waals surface area contributed by atoms with Gasteiger partial charge >= 0.3 is 12.1 Å². The van der Waals surface area contributed by atoms with E-state index in [0.29, 0.717) is 39.1 Å². The lowest BCUT2D eigenvalue weighted by molar-refractivity contribution is -0.142. The van der Waals surface area contributed by atoms with Crippen molar-refractivity contribution in [3.8, 4) is 11.1 Å².